The Morgan fingerprint density at radius 3 is 1.17 bits per heavy atom. The van der Waals surface area contributed by atoms with Crippen molar-refractivity contribution < 1.29 is 9.59 Å². The molecule has 1 aliphatic carbocycles. The van der Waals surface area contributed by atoms with E-state index in [9.17, 15) is 9.59 Å². The van der Waals surface area contributed by atoms with Crippen LogP contribution in [-0.2, 0) is 0 Å². The molecule has 0 fully saturated rings. The molecular formula is C33H22O2. The first-order valence-corrected chi connectivity index (χ1v) is 11.7. The Hall–Kier alpha value is -4.56. The standard InChI is InChI=1S/C33H22O2/c34-32-29(26-18-16-23(17-19-26)22-10-4-1-5-11-22)33(35)31-28(25-14-8-3-9-15-25)21-20-27(30(31)32)24-12-6-2-7-13-24/h1-21,29H. The van der Waals surface area contributed by atoms with Gasteiger partial charge < -0.3 is 0 Å². The molecule has 0 amide bonds. The van der Waals surface area contributed by atoms with Crippen LogP contribution in [0, 0.1) is 0 Å². The van der Waals surface area contributed by atoms with Gasteiger partial charge in [-0.2, -0.15) is 0 Å². The minimum atomic E-state index is -0.831. The van der Waals surface area contributed by atoms with Crippen LogP contribution in [0.3, 0.4) is 0 Å². The van der Waals surface area contributed by atoms with Gasteiger partial charge >= 0.3 is 0 Å². The van der Waals surface area contributed by atoms with E-state index in [0.29, 0.717) is 11.1 Å². The van der Waals surface area contributed by atoms with E-state index in [1.54, 1.807) is 0 Å². The topological polar surface area (TPSA) is 34.1 Å². The van der Waals surface area contributed by atoms with Crippen LogP contribution in [0.5, 0.6) is 0 Å². The molecule has 0 radical (unpaired) electrons. The van der Waals surface area contributed by atoms with Crippen molar-refractivity contribution >= 4 is 11.6 Å². The summed E-state index contributed by atoms with van der Waals surface area (Å²) in [6.45, 7) is 0. The molecular weight excluding hydrogens is 428 g/mol. The summed E-state index contributed by atoms with van der Waals surface area (Å²) in [5.41, 5.74) is 7.43. The highest BCUT2D eigenvalue weighted by molar-refractivity contribution is 6.33. The predicted molar refractivity (Wildman–Crippen MR) is 141 cm³/mol. The van der Waals surface area contributed by atoms with Gasteiger partial charge in [0.2, 0.25) is 0 Å². The summed E-state index contributed by atoms with van der Waals surface area (Å²) < 4.78 is 0. The normalized spacial score (nSPS) is 13.1. The fourth-order valence-electron chi connectivity index (χ4n) is 5.04. The maximum Gasteiger partial charge on any atom is 0.179 e. The van der Waals surface area contributed by atoms with E-state index in [2.05, 4.69) is 12.1 Å². The fourth-order valence-corrected chi connectivity index (χ4v) is 5.04. The summed E-state index contributed by atoms with van der Waals surface area (Å²) in [6.07, 6.45) is 0. The second-order valence-corrected chi connectivity index (χ2v) is 8.79. The van der Waals surface area contributed by atoms with Gasteiger partial charge in [-0.1, -0.05) is 127 Å². The fraction of sp³-hybridized carbons (Fsp3) is 0.0303. The van der Waals surface area contributed by atoms with Gasteiger partial charge in [-0.25, -0.2) is 0 Å². The third-order valence-electron chi connectivity index (χ3n) is 6.74. The molecule has 0 heterocycles. The molecule has 166 valence electrons. The zero-order valence-corrected chi connectivity index (χ0v) is 19.0. The van der Waals surface area contributed by atoms with Crippen LogP contribution in [-0.4, -0.2) is 11.6 Å². The molecule has 0 N–H and O–H groups in total. The third-order valence-corrected chi connectivity index (χ3v) is 6.74. The highest BCUT2D eigenvalue weighted by atomic mass is 16.2. The molecule has 0 atom stereocenters. The van der Waals surface area contributed by atoms with Crippen LogP contribution >= 0.6 is 0 Å². The number of carbonyl (C=O) groups is 2. The Morgan fingerprint density at radius 1 is 0.371 bits per heavy atom. The molecule has 0 aromatic heterocycles. The molecule has 1 aliphatic rings. The van der Waals surface area contributed by atoms with Crippen molar-refractivity contribution in [3.05, 3.63) is 144 Å². The van der Waals surface area contributed by atoms with Gasteiger partial charge in [0.05, 0.1) is 0 Å². The Kier molecular flexibility index (Phi) is 5.20. The molecule has 0 aliphatic heterocycles. The van der Waals surface area contributed by atoms with Crippen LogP contribution in [0.15, 0.2) is 127 Å². The number of benzene rings is 5. The molecule has 0 spiro atoms. The summed E-state index contributed by atoms with van der Waals surface area (Å²) in [6, 6.07) is 41.5. The highest BCUT2D eigenvalue weighted by Crippen LogP contribution is 2.44. The monoisotopic (exact) mass is 450 g/mol. The molecule has 0 bridgehead atoms. The number of ketones is 2. The number of hydrogen-bond acceptors (Lipinski definition) is 2. The lowest BCUT2D eigenvalue weighted by Gasteiger charge is -2.12. The SMILES string of the molecule is O=C1c2c(-c3ccccc3)ccc(-c3ccccc3)c2C(=O)C1c1ccc(-c2ccccc2)cc1. The van der Waals surface area contributed by atoms with Crippen LogP contribution in [0.2, 0.25) is 0 Å². The van der Waals surface area contributed by atoms with Gasteiger partial charge in [0, 0.05) is 11.1 Å². The predicted octanol–water partition coefficient (Wildman–Crippen LogP) is 7.85. The van der Waals surface area contributed by atoms with Crippen molar-refractivity contribution in [3.8, 4) is 33.4 Å². The van der Waals surface area contributed by atoms with Crippen molar-refractivity contribution in [1.82, 2.24) is 0 Å². The van der Waals surface area contributed by atoms with Gasteiger partial charge in [0.1, 0.15) is 5.92 Å². The first-order chi connectivity index (χ1) is 17.2. The van der Waals surface area contributed by atoms with Gasteiger partial charge in [-0.3, -0.25) is 9.59 Å². The summed E-state index contributed by atoms with van der Waals surface area (Å²) in [5, 5.41) is 0. The van der Waals surface area contributed by atoms with E-state index < -0.39 is 5.92 Å². The van der Waals surface area contributed by atoms with E-state index in [-0.39, 0.29) is 11.6 Å². The largest absolute Gasteiger partial charge is 0.293 e. The van der Waals surface area contributed by atoms with Crippen LogP contribution in [0.1, 0.15) is 32.2 Å². The van der Waals surface area contributed by atoms with Crippen molar-refractivity contribution in [3.63, 3.8) is 0 Å². The Labute approximate surface area is 204 Å². The zero-order chi connectivity index (χ0) is 23.8. The summed E-state index contributed by atoms with van der Waals surface area (Å²) in [7, 11) is 0. The lowest BCUT2D eigenvalue weighted by atomic mass is 9.90. The quantitative estimate of drug-likeness (QED) is 0.261. The molecule has 0 saturated heterocycles. The number of fused-ring (bicyclic) bond motifs is 1. The Balaban J connectivity index is 1.49. The maximum absolute atomic E-state index is 13.9. The van der Waals surface area contributed by atoms with Crippen LogP contribution < -0.4 is 0 Å². The highest BCUT2D eigenvalue weighted by Gasteiger charge is 2.43. The number of carbonyl (C=O) groups excluding carboxylic acids is 2. The van der Waals surface area contributed by atoms with Gasteiger partial charge in [0.15, 0.2) is 11.6 Å². The number of Topliss-reactive ketones (excluding diaryl/α,β-unsaturated/α-hetero) is 2. The molecule has 0 saturated carbocycles. The zero-order valence-electron chi connectivity index (χ0n) is 19.0. The first kappa shape index (κ1) is 21.0. The van der Waals surface area contributed by atoms with E-state index >= 15 is 0 Å². The van der Waals surface area contributed by atoms with E-state index in [1.807, 2.05) is 115 Å². The lowest BCUT2D eigenvalue weighted by molar-refractivity contribution is 0.0890. The Morgan fingerprint density at radius 2 is 0.743 bits per heavy atom. The minimum Gasteiger partial charge on any atom is -0.293 e. The van der Waals surface area contributed by atoms with Crippen molar-refractivity contribution in [1.29, 1.82) is 0 Å². The second-order valence-electron chi connectivity index (χ2n) is 8.79. The van der Waals surface area contributed by atoms with Gasteiger partial charge in [-0.15, -0.1) is 0 Å². The molecule has 2 nitrogen and oxygen atoms in total. The van der Waals surface area contributed by atoms with Crippen molar-refractivity contribution in [2.24, 2.45) is 0 Å². The molecule has 0 unspecified atom stereocenters. The van der Waals surface area contributed by atoms with Gasteiger partial charge in [-0.05, 0) is 38.9 Å². The molecule has 35 heavy (non-hydrogen) atoms. The molecule has 2 heteroatoms. The summed E-state index contributed by atoms with van der Waals surface area (Å²) >= 11 is 0. The van der Waals surface area contributed by atoms with Crippen molar-refractivity contribution in [2.75, 3.05) is 0 Å². The lowest BCUT2D eigenvalue weighted by Crippen LogP contribution is -2.13. The summed E-state index contributed by atoms with van der Waals surface area (Å²) in [4.78, 5) is 27.8. The number of hydrogen-bond donors (Lipinski definition) is 0. The van der Waals surface area contributed by atoms with Crippen LogP contribution in [0.25, 0.3) is 33.4 Å². The van der Waals surface area contributed by atoms with E-state index in [4.69, 9.17) is 0 Å². The minimum absolute atomic E-state index is 0.130. The molecule has 5 aromatic rings. The van der Waals surface area contributed by atoms with Gasteiger partial charge in [0.25, 0.3) is 0 Å². The number of rotatable bonds is 4. The first-order valence-electron chi connectivity index (χ1n) is 11.7. The average molecular weight is 451 g/mol. The van der Waals surface area contributed by atoms with E-state index in [0.717, 1.165) is 38.9 Å². The Bertz CT molecular complexity index is 1460. The second kappa shape index (κ2) is 8.66. The summed E-state index contributed by atoms with van der Waals surface area (Å²) in [5.74, 6) is -1.09. The van der Waals surface area contributed by atoms with Crippen LogP contribution in [0.4, 0.5) is 0 Å². The molecule has 6 rings (SSSR count). The van der Waals surface area contributed by atoms with E-state index in [1.165, 1.54) is 0 Å². The third kappa shape index (κ3) is 3.60. The average Bonchev–Trinajstić information content (AvgIpc) is 3.20. The van der Waals surface area contributed by atoms with Crippen molar-refractivity contribution in [2.45, 2.75) is 5.92 Å². The smallest absolute Gasteiger partial charge is 0.179 e. The maximum atomic E-state index is 13.9. The molecule has 5 aromatic carbocycles.